The first kappa shape index (κ1) is 13.3. The molecular formula is C12H13ClN2O2. The summed E-state index contributed by atoms with van der Waals surface area (Å²) in [4.78, 5) is 10.9. The molecule has 0 unspecified atom stereocenters. The van der Waals surface area contributed by atoms with Crippen LogP contribution in [0.4, 0.5) is 0 Å². The van der Waals surface area contributed by atoms with Crippen molar-refractivity contribution in [3.63, 3.8) is 0 Å². The highest BCUT2D eigenvalue weighted by Gasteiger charge is 2.12. The van der Waals surface area contributed by atoms with Gasteiger partial charge in [-0.25, -0.2) is 0 Å². The minimum atomic E-state index is 0.0162. The van der Waals surface area contributed by atoms with Crippen LogP contribution in [0, 0.1) is 12.3 Å². The van der Waals surface area contributed by atoms with Gasteiger partial charge in [-0.3, -0.25) is 10.2 Å². The minimum absolute atomic E-state index is 0.0162. The van der Waals surface area contributed by atoms with Crippen LogP contribution in [0.1, 0.15) is 11.1 Å². The highest BCUT2D eigenvalue weighted by molar-refractivity contribution is 6.36. The first-order valence-corrected chi connectivity index (χ1v) is 5.30. The number of phenols is 1. The van der Waals surface area contributed by atoms with Crippen molar-refractivity contribution in [2.24, 2.45) is 0 Å². The summed E-state index contributed by atoms with van der Waals surface area (Å²) in [6.45, 7) is 1.72. The van der Waals surface area contributed by atoms with E-state index in [2.05, 4.69) is 5.32 Å². The smallest absolute Gasteiger partial charge is 0.155 e. The maximum absolute atomic E-state index is 10.9. The molecular weight excluding hydrogens is 240 g/mol. The number of nitrogens with one attached hydrogen (secondary N) is 2. The van der Waals surface area contributed by atoms with Crippen LogP contribution in [0.25, 0.3) is 0 Å². The molecule has 0 aliphatic heterocycles. The molecule has 1 aromatic carbocycles. The first-order valence-electron chi connectivity index (χ1n) is 4.93. The van der Waals surface area contributed by atoms with Crippen LogP contribution in [0.3, 0.4) is 0 Å². The van der Waals surface area contributed by atoms with E-state index in [0.29, 0.717) is 17.4 Å². The zero-order chi connectivity index (χ0) is 13.0. The number of carbonyl (C=O) groups is 1. The van der Waals surface area contributed by atoms with E-state index in [9.17, 15) is 9.90 Å². The van der Waals surface area contributed by atoms with Crippen LogP contribution in [0.5, 0.6) is 5.75 Å². The predicted molar refractivity (Wildman–Crippen MR) is 67.7 cm³/mol. The van der Waals surface area contributed by atoms with E-state index >= 15 is 0 Å². The number of benzene rings is 1. The normalized spacial score (nSPS) is 11.7. The molecule has 0 amide bonds. The summed E-state index contributed by atoms with van der Waals surface area (Å²) in [6.07, 6.45) is 0.531. The molecule has 1 aromatic rings. The number of hydrogen-bond acceptors (Lipinski definition) is 4. The lowest BCUT2D eigenvalue weighted by atomic mass is 10.0. The molecule has 1 rings (SSSR count). The summed E-state index contributed by atoms with van der Waals surface area (Å²) in [5, 5.41) is 20.0. The molecule has 0 bridgehead atoms. The second kappa shape index (κ2) is 5.50. The van der Waals surface area contributed by atoms with Gasteiger partial charge in [0.05, 0.1) is 11.3 Å². The van der Waals surface area contributed by atoms with Crippen LogP contribution in [-0.2, 0) is 4.79 Å². The van der Waals surface area contributed by atoms with E-state index in [1.165, 1.54) is 6.07 Å². The third kappa shape index (κ3) is 2.85. The van der Waals surface area contributed by atoms with Crippen LogP contribution in [-0.4, -0.2) is 24.2 Å². The van der Waals surface area contributed by atoms with Gasteiger partial charge < -0.3 is 10.4 Å². The standard InChI is InChI=1S/C12H13ClN2O2/c1-7-5-8(3-4-10(7)17)11(14)9(6-16)12(13)15-2/h3-6,14-15,17H,1-2H3/b12-9-,14-11?. The SMILES string of the molecule is CN/C(Cl)=C(/C=O)C(=N)c1ccc(O)c(C)c1. The molecule has 5 heteroatoms. The van der Waals surface area contributed by atoms with Crippen LogP contribution < -0.4 is 5.32 Å². The van der Waals surface area contributed by atoms with Gasteiger partial charge in [-0.05, 0) is 30.7 Å². The molecule has 0 radical (unpaired) electrons. The molecule has 0 aliphatic carbocycles. The molecule has 0 atom stereocenters. The highest BCUT2D eigenvalue weighted by Crippen LogP contribution is 2.19. The van der Waals surface area contributed by atoms with Gasteiger partial charge in [0.2, 0.25) is 0 Å². The quantitative estimate of drug-likeness (QED) is 0.332. The van der Waals surface area contributed by atoms with Gasteiger partial charge in [0.15, 0.2) is 6.29 Å². The van der Waals surface area contributed by atoms with Crippen molar-refractivity contribution in [1.82, 2.24) is 5.32 Å². The lowest BCUT2D eigenvalue weighted by Gasteiger charge is -2.08. The number of phenolic OH excluding ortho intramolecular Hbond substituents is 1. The maximum atomic E-state index is 10.9. The van der Waals surface area contributed by atoms with Gasteiger partial charge in [0, 0.05) is 12.6 Å². The molecule has 0 spiro atoms. The number of aromatic hydroxyl groups is 1. The Balaban J connectivity index is 3.20. The molecule has 17 heavy (non-hydrogen) atoms. The Morgan fingerprint density at radius 3 is 2.65 bits per heavy atom. The second-order valence-corrected chi connectivity index (χ2v) is 3.85. The van der Waals surface area contributed by atoms with Crippen molar-refractivity contribution in [3.8, 4) is 5.75 Å². The number of aryl methyl sites for hydroxylation is 1. The van der Waals surface area contributed by atoms with Gasteiger partial charge in [-0.15, -0.1) is 0 Å². The highest BCUT2D eigenvalue weighted by atomic mass is 35.5. The predicted octanol–water partition coefficient (Wildman–Crippen LogP) is 1.94. The number of carbonyl (C=O) groups excluding carboxylic acids is 1. The van der Waals surface area contributed by atoms with E-state index in [1.54, 1.807) is 26.1 Å². The second-order valence-electron chi connectivity index (χ2n) is 3.47. The third-order valence-corrected chi connectivity index (χ3v) is 2.72. The van der Waals surface area contributed by atoms with Gasteiger partial charge in [0.1, 0.15) is 10.9 Å². The van der Waals surface area contributed by atoms with Crippen molar-refractivity contribution in [2.45, 2.75) is 6.92 Å². The summed E-state index contributed by atoms with van der Waals surface area (Å²) in [5.41, 5.74) is 1.26. The van der Waals surface area contributed by atoms with E-state index in [4.69, 9.17) is 17.0 Å². The van der Waals surface area contributed by atoms with Crippen LogP contribution >= 0.6 is 11.6 Å². The van der Waals surface area contributed by atoms with Gasteiger partial charge >= 0.3 is 0 Å². The van der Waals surface area contributed by atoms with Crippen molar-refractivity contribution >= 4 is 23.6 Å². The molecule has 0 aliphatic rings. The number of allylic oxidation sites excluding steroid dienone is 1. The Labute approximate surface area is 104 Å². The third-order valence-electron chi connectivity index (χ3n) is 2.33. The number of aldehydes is 1. The van der Waals surface area contributed by atoms with Crippen LogP contribution in [0.2, 0.25) is 0 Å². The van der Waals surface area contributed by atoms with E-state index in [0.717, 1.165) is 0 Å². The molecule has 0 heterocycles. The Morgan fingerprint density at radius 2 is 2.18 bits per heavy atom. The fraction of sp³-hybridized carbons (Fsp3) is 0.167. The van der Waals surface area contributed by atoms with Gasteiger partial charge in [0.25, 0.3) is 0 Å². The fourth-order valence-electron chi connectivity index (χ4n) is 1.32. The number of halogens is 1. The first-order chi connectivity index (χ1) is 8.01. The zero-order valence-electron chi connectivity index (χ0n) is 9.54. The van der Waals surface area contributed by atoms with E-state index in [-0.39, 0.29) is 22.2 Å². The summed E-state index contributed by atoms with van der Waals surface area (Å²) < 4.78 is 0. The average molecular weight is 253 g/mol. The van der Waals surface area contributed by atoms with E-state index in [1.807, 2.05) is 0 Å². The van der Waals surface area contributed by atoms with Crippen molar-refractivity contribution in [1.29, 1.82) is 5.41 Å². The van der Waals surface area contributed by atoms with Crippen molar-refractivity contribution in [2.75, 3.05) is 7.05 Å². The Morgan fingerprint density at radius 1 is 1.53 bits per heavy atom. The monoisotopic (exact) mass is 252 g/mol. The summed E-state index contributed by atoms with van der Waals surface area (Å²) >= 11 is 5.79. The van der Waals surface area contributed by atoms with E-state index < -0.39 is 0 Å². The van der Waals surface area contributed by atoms with Gasteiger partial charge in [-0.1, -0.05) is 11.6 Å². The Kier molecular flexibility index (Phi) is 4.29. The largest absolute Gasteiger partial charge is 0.508 e. The lowest BCUT2D eigenvalue weighted by Crippen LogP contribution is -2.12. The molecule has 0 aromatic heterocycles. The van der Waals surface area contributed by atoms with Crippen LogP contribution in [0.15, 0.2) is 28.9 Å². The maximum Gasteiger partial charge on any atom is 0.155 e. The molecule has 0 saturated carbocycles. The Hall–Kier alpha value is -1.81. The fourth-order valence-corrected chi connectivity index (χ4v) is 1.46. The van der Waals surface area contributed by atoms with Gasteiger partial charge in [-0.2, -0.15) is 0 Å². The van der Waals surface area contributed by atoms with Crippen molar-refractivity contribution in [3.05, 3.63) is 40.1 Å². The Bertz CT molecular complexity index is 495. The molecule has 4 nitrogen and oxygen atoms in total. The molecule has 0 fully saturated rings. The zero-order valence-corrected chi connectivity index (χ0v) is 10.3. The lowest BCUT2D eigenvalue weighted by molar-refractivity contribution is -0.104. The molecule has 3 N–H and O–H groups in total. The molecule has 0 saturated heterocycles. The minimum Gasteiger partial charge on any atom is -0.508 e. The average Bonchev–Trinajstić information content (AvgIpc) is 2.33. The summed E-state index contributed by atoms with van der Waals surface area (Å²) in [5.74, 6) is 0.151. The topological polar surface area (TPSA) is 73.2 Å². The summed E-state index contributed by atoms with van der Waals surface area (Å²) in [6, 6.07) is 4.67. The number of rotatable bonds is 4. The molecule has 90 valence electrons. The summed E-state index contributed by atoms with van der Waals surface area (Å²) in [7, 11) is 1.57. The number of hydrogen-bond donors (Lipinski definition) is 3. The van der Waals surface area contributed by atoms with Crippen molar-refractivity contribution < 1.29 is 9.90 Å².